The molecule has 3 aromatic rings. The summed E-state index contributed by atoms with van der Waals surface area (Å²) >= 11 is 11.9. The zero-order valence-corrected chi connectivity index (χ0v) is 14.8. The summed E-state index contributed by atoms with van der Waals surface area (Å²) in [5, 5.41) is 11.5. The van der Waals surface area contributed by atoms with E-state index in [9.17, 15) is 4.79 Å². The van der Waals surface area contributed by atoms with Crippen LogP contribution in [0.2, 0.25) is 10.0 Å². The lowest BCUT2D eigenvalue weighted by Crippen LogP contribution is -2.13. The molecule has 0 aliphatic rings. The van der Waals surface area contributed by atoms with E-state index in [4.69, 9.17) is 27.9 Å². The number of aromatic nitrogens is 3. The van der Waals surface area contributed by atoms with Gasteiger partial charge in [0, 0.05) is 5.69 Å². The first kappa shape index (κ1) is 17.3. The normalized spacial score (nSPS) is 10.5. The molecule has 2 aromatic carbocycles. The Balaban J connectivity index is 1.58. The van der Waals surface area contributed by atoms with Crippen molar-refractivity contribution in [2.75, 3.05) is 5.32 Å². The van der Waals surface area contributed by atoms with Gasteiger partial charge in [-0.05, 0) is 37.3 Å². The predicted octanol–water partition coefficient (Wildman–Crippen LogP) is 4.63. The van der Waals surface area contributed by atoms with Crippen LogP contribution in [0.15, 0.2) is 48.7 Å². The molecular weight excluding hydrogens is 363 g/mol. The second-order valence-electron chi connectivity index (χ2n) is 5.32. The van der Waals surface area contributed by atoms with Gasteiger partial charge >= 0.3 is 6.09 Å². The summed E-state index contributed by atoms with van der Waals surface area (Å²) in [5.74, 6) is 0. The lowest BCUT2D eigenvalue weighted by Gasteiger charge is -2.05. The average Bonchev–Trinajstić information content (AvgIpc) is 3.07. The van der Waals surface area contributed by atoms with Crippen LogP contribution in [0.4, 0.5) is 10.5 Å². The molecular formula is C17H14Cl2N4O2. The van der Waals surface area contributed by atoms with E-state index in [0.29, 0.717) is 27.1 Å². The summed E-state index contributed by atoms with van der Waals surface area (Å²) in [4.78, 5) is 11.8. The van der Waals surface area contributed by atoms with Gasteiger partial charge in [-0.2, -0.15) is 0 Å². The number of anilines is 1. The molecule has 0 aliphatic heterocycles. The van der Waals surface area contributed by atoms with E-state index in [1.54, 1.807) is 36.5 Å². The van der Waals surface area contributed by atoms with Crippen molar-refractivity contribution in [3.8, 4) is 5.69 Å². The Bertz CT molecular complexity index is 894. The number of ether oxygens (including phenoxy) is 1. The van der Waals surface area contributed by atoms with Crippen LogP contribution in [-0.2, 0) is 11.3 Å². The van der Waals surface area contributed by atoms with Crippen molar-refractivity contribution in [1.29, 1.82) is 0 Å². The number of nitrogens with one attached hydrogen (secondary N) is 1. The molecule has 0 aliphatic carbocycles. The van der Waals surface area contributed by atoms with E-state index in [0.717, 1.165) is 5.56 Å². The summed E-state index contributed by atoms with van der Waals surface area (Å²) in [7, 11) is 0. The summed E-state index contributed by atoms with van der Waals surface area (Å²) in [6.07, 6.45) is 1.09. The summed E-state index contributed by atoms with van der Waals surface area (Å²) < 4.78 is 6.67. The molecule has 3 rings (SSSR count). The van der Waals surface area contributed by atoms with Gasteiger partial charge in [-0.15, -0.1) is 5.10 Å². The molecule has 0 saturated carbocycles. The standard InChI is InChI=1S/C17H14Cl2N4O2/c1-11-2-4-12(5-3-11)20-17(24)25-10-13-9-23(22-21-13)14-6-7-15(18)16(19)8-14/h2-9H,10H2,1H3,(H,20,24). The fourth-order valence-corrected chi connectivity index (χ4v) is 2.34. The van der Waals surface area contributed by atoms with Gasteiger partial charge in [0.25, 0.3) is 0 Å². The van der Waals surface area contributed by atoms with Crippen LogP contribution in [0.5, 0.6) is 0 Å². The zero-order valence-electron chi connectivity index (χ0n) is 13.2. The second kappa shape index (κ2) is 7.55. The predicted molar refractivity (Wildman–Crippen MR) is 96.4 cm³/mol. The van der Waals surface area contributed by atoms with Crippen molar-refractivity contribution in [3.05, 3.63) is 70.0 Å². The van der Waals surface area contributed by atoms with Crippen molar-refractivity contribution in [3.63, 3.8) is 0 Å². The zero-order chi connectivity index (χ0) is 17.8. The van der Waals surface area contributed by atoms with E-state index in [1.807, 2.05) is 19.1 Å². The molecule has 1 aromatic heterocycles. The molecule has 0 saturated heterocycles. The Morgan fingerprint density at radius 1 is 1.16 bits per heavy atom. The molecule has 0 fully saturated rings. The summed E-state index contributed by atoms with van der Waals surface area (Å²) in [5.41, 5.74) is 2.98. The van der Waals surface area contributed by atoms with Gasteiger partial charge in [0.05, 0.1) is 21.9 Å². The minimum Gasteiger partial charge on any atom is -0.443 e. The molecule has 0 atom stereocenters. The van der Waals surface area contributed by atoms with Crippen LogP contribution < -0.4 is 5.32 Å². The first-order valence-electron chi connectivity index (χ1n) is 7.38. The highest BCUT2D eigenvalue weighted by atomic mass is 35.5. The highest BCUT2D eigenvalue weighted by Gasteiger charge is 2.08. The molecule has 6 nitrogen and oxygen atoms in total. The van der Waals surface area contributed by atoms with Crippen molar-refractivity contribution < 1.29 is 9.53 Å². The number of rotatable bonds is 4. The third-order valence-corrected chi connectivity index (χ3v) is 4.10. The second-order valence-corrected chi connectivity index (χ2v) is 6.13. The minimum absolute atomic E-state index is 0.000976. The van der Waals surface area contributed by atoms with Crippen LogP contribution in [0.3, 0.4) is 0 Å². The molecule has 0 radical (unpaired) electrons. The van der Waals surface area contributed by atoms with Gasteiger partial charge in [0.15, 0.2) is 0 Å². The molecule has 25 heavy (non-hydrogen) atoms. The van der Waals surface area contributed by atoms with Crippen LogP contribution in [-0.4, -0.2) is 21.1 Å². The Hall–Kier alpha value is -2.57. The number of aryl methyl sites for hydroxylation is 1. The maximum atomic E-state index is 11.8. The topological polar surface area (TPSA) is 69.0 Å². The Morgan fingerprint density at radius 3 is 2.64 bits per heavy atom. The van der Waals surface area contributed by atoms with Crippen molar-refractivity contribution in [1.82, 2.24) is 15.0 Å². The largest absolute Gasteiger partial charge is 0.443 e. The number of nitrogens with zero attached hydrogens (tertiary/aromatic N) is 3. The van der Waals surface area contributed by atoms with Gasteiger partial charge in [-0.25, -0.2) is 9.48 Å². The quantitative estimate of drug-likeness (QED) is 0.720. The number of benzene rings is 2. The van der Waals surface area contributed by atoms with Crippen LogP contribution in [0.1, 0.15) is 11.3 Å². The first-order valence-corrected chi connectivity index (χ1v) is 8.14. The van der Waals surface area contributed by atoms with Gasteiger partial charge in [0.1, 0.15) is 12.3 Å². The molecule has 1 heterocycles. The maximum Gasteiger partial charge on any atom is 0.412 e. The molecule has 1 N–H and O–H groups in total. The Kier molecular flexibility index (Phi) is 5.21. The smallest absolute Gasteiger partial charge is 0.412 e. The monoisotopic (exact) mass is 376 g/mol. The van der Waals surface area contributed by atoms with E-state index < -0.39 is 6.09 Å². The Labute approximate surface area is 154 Å². The average molecular weight is 377 g/mol. The lowest BCUT2D eigenvalue weighted by atomic mass is 10.2. The Morgan fingerprint density at radius 2 is 1.92 bits per heavy atom. The molecule has 8 heteroatoms. The highest BCUT2D eigenvalue weighted by Crippen LogP contribution is 2.24. The number of hydrogen-bond donors (Lipinski definition) is 1. The molecule has 1 amide bonds. The SMILES string of the molecule is Cc1ccc(NC(=O)OCc2cn(-c3ccc(Cl)c(Cl)c3)nn2)cc1. The summed E-state index contributed by atoms with van der Waals surface area (Å²) in [6, 6.07) is 12.5. The van der Waals surface area contributed by atoms with Gasteiger partial charge < -0.3 is 4.74 Å². The molecule has 0 unspecified atom stereocenters. The number of amides is 1. The number of carbonyl (C=O) groups is 1. The summed E-state index contributed by atoms with van der Waals surface area (Å²) in [6.45, 7) is 1.97. The van der Waals surface area contributed by atoms with Crippen molar-refractivity contribution in [2.45, 2.75) is 13.5 Å². The fourth-order valence-electron chi connectivity index (χ4n) is 2.05. The first-order chi connectivity index (χ1) is 12.0. The van der Waals surface area contributed by atoms with Crippen molar-refractivity contribution >= 4 is 35.0 Å². The number of carbonyl (C=O) groups excluding carboxylic acids is 1. The minimum atomic E-state index is -0.562. The third-order valence-electron chi connectivity index (χ3n) is 3.36. The molecule has 128 valence electrons. The van der Waals surface area contributed by atoms with E-state index in [1.165, 1.54) is 4.68 Å². The van der Waals surface area contributed by atoms with E-state index in [-0.39, 0.29) is 6.61 Å². The van der Waals surface area contributed by atoms with Crippen LogP contribution in [0, 0.1) is 6.92 Å². The maximum absolute atomic E-state index is 11.8. The molecule has 0 bridgehead atoms. The third kappa shape index (κ3) is 4.49. The number of hydrogen-bond acceptors (Lipinski definition) is 4. The number of halogens is 2. The van der Waals surface area contributed by atoms with Crippen molar-refractivity contribution in [2.24, 2.45) is 0 Å². The lowest BCUT2D eigenvalue weighted by molar-refractivity contribution is 0.153. The van der Waals surface area contributed by atoms with Gasteiger partial charge in [-0.1, -0.05) is 46.1 Å². The van der Waals surface area contributed by atoms with Crippen LogP contribution in [0.25, 0.3) is 5.69 Å². The highest BCUT2D eigenvalue weighted by molar-refractivity contribution is 6.42. The van der Waals surface area contributed by atoms with E-state index in [2.05, 4.69) is 15.6 Å². The van der Waals surface area contributed by atoms with Crippen LogP contribution >= 0.6 is 23.2 Å². The fraction of sp³-hybridized carbons (Fsp3) is 0.118. The van der Waals surface area contributed by atoms with E-state index >= 15 is 0 Å². The molecule has 0 spiro atoms. The van der Waals surface area contributed by atoms with Gasteiger partial charge in [-0.3, -0.25) is 5.32 Å². The van der Waals surface area contributed by atoms with Gasteiger partial charge in [0.2, 0.25) is 0 Å².